The van der Waals surface area contributed by atoms with E-state index < -0.39 is 5.60 Å². The molecule has 19 heavy (non-hydrogen) atoms. The maximum atomic E-state index is 10.2. The fourth-order valence-electron chi connectivity index (χ4n) is 1.90. The number of aliphatic hydroxyl groups is 1. The number of hydrogen-bond donors (Lipinski definition) is 1. The lowest BCUT2D eigenvalue weighted by Gasteiger charge is -2.13. The molecule has 1 aromatic carbocycles. The highest BCUT2D eigenvalue weighted by atomic mass is 16.3. The molecule has 0 spiro atoms. The smallest absolute Gasteiger partial charge is 0.0983 e. The Labute approximate surface area is 117 Å². The van der Waals surface area contributed by atoms with Crippen LogP contribution >= 0.6 is 0 Å². The molecule has 1 unspecified atom stereocenters. The molecule has 1 rings (SSSR count). The number of allylic oxidation sites excluding steroid dienone is 1. The highest BCUT2D eigenvalue weighted by molar-refractivity contribution is 5.50. The minimum atomic E-state index is -0.861. The normalized spacial score (nSPS) is 15.1. The molecule has 1 aromatic rings. The molecule has 1 heteroatoms. The van der Waals surface area contributed by atoms with Gasteiger partial charge in [-0.25, -0.2) is 0 Å². The van der Waals surface area contributed by atoms with E-state index in [1.54, 1.807) is 0 Å². The van der Waals surface area contributed by atoms with E-state index in [9.17, 15) is 5.11 Å². The average molecular weight is 258 g/mol. The van der Waals surface area contributed by atoms with E-state index >= 15 is 0 Å². The molecule has 0 amide bonds. The van der Waals surface area contributed by atoms with Gasteiger partial charge in [0, 0.05) is 0 Å². The molecule has 0 saturated heterocycles. The third-order valence-corrected chi connectivity index (χ3v) is 3.09. The third-order valence-electron chi connectivity index (χ3n) is 3.09. The quantitative estimate of drug-likeness (QED) is 0.515. The highest BCUT2D eigenvalue weighted by Crippen LogP contribution is 2.12. The van der Waals surface area contributed by atoms with Crippen LogP contribution in [0.5, 0.6) is 0 Å². The maximum Gasteiger partial charge on any atom is 0.0983 e. The van der Waals surface area contributed by atoms with Gasteiger partial charge < -0.3 is 5.11 Å². The zero-order valence-corrected chi connectivity index (χ0v) is 12.2. The summed E-state index contributed by atoms with van der Waals surface area (Å²) >= 11 is 0. The van der Waals surface area contributed by atoms with Crippen LogP contribution < -0.4 is 0 Å². The standard InChI is InChI=1S/C18H26O/c1-3-4-5-6-7-11-15-18(2,19)16-14-17-12-9-8-10-13-17/h8-16,19H,3-7H2,1-2H3/b15-11+,16-14+. The van der Waals surface area contributed by atoms with Crippen molar-refractivity contribution < 1.29 is 5.11 Å². The van der Waals surface area contributed by atoms with Gasteiger partial charge in [0.15, 0.2) is 0 Å². The van der Waals surface area contributed by atoms with Crippen molar-refractivity contribution in [3.8, 4) is 0 Å². The molecule has 1 N–H and O–H groups in total. The van der Waals surface area contributed by atoms with Gasteiger partial charge in [-0.15, -0.1) is 0 Å². The Morgan fingerprint density at radius 3 is 2.47 bits per heavy atom. The molecular weight excluding hydrogens is 232 g/mol. The van der Waals surface area contributed by atoms with Crippen molar-refractivity contribution in [2.75, 3.05) is 0 Å². The first-order valence-electron chi connectivity index (χ1n) is 7.28. The van der Waals surface area contributed by atoms with Crippen molar-refractivity contribution in [1.29, 1.82) is 0 Å². The molecule has 1 atom stereocenters. The molecule has 0 radical (unpaired) electrons. The zero-order chi connectivity index (χ0) is 14.0. The summed E-state index contributed by atoms with van der Waals surface area (Å²) in [5.41, 5.74) is 0.250. The first kappa shape index (κ1) is 15.7. The Hall–Kier alpha value is -1.34. The van der Waals surface area contributed by atoms with Crippen molar-refractivity contribution in [3.63, 3.8) is 0 Å². The van der Waals surface area contributed by atoms with Gasteiger partial charge in [0.25, 0.3) is 0 Å². The van der Waals surface area contributed by atoms with Gasteiger partial charge in [-0.3, -0.25) is 0 Å². The van der Waals surface area contributed by atoms with Gasteiger partial charge in [-0.05, 0) is 31.4 Å². The van der Waals surface area contributed by atoms with E-state index in [0.717, 1.165) is 12.0 Å². The topological polar surface area (TPSA) is 20.2 Å². The van der Waals surface area contributed by atoms with Gasteiger partial charge in [0.05, 0.1) is 5.60 Å². The Morgan fingerprint density at radius 2 is 1.79 bits per heavy atom. The summed E-state index contributed by atoms with van der Waals surface area (Å²) in [5, 5.41) is 10.2. The Kier molecular flexibility index (Phi) is 7.20. The zero-order valence-electron chi connectivity index (χ0n) is 12.2. The largest absolute Gasteiger partial charge is 0.382 e. The van der Waals surface area contributed by atoms with Crippen molar-refractivity contribution in [1.82, 2.24) is 0 Å². The van der Waals surface area contributed by atoms with Crippen molar-refractivity contribution in [2.24, 2.45) is 0 Å². The lowest BCUT2D eigenvalue weighted by Crippen LogP contribution is -2.16. The van der Waals surface area contributed by atoms with E-state index in [0.29, 0.717) is 0 Å². The van der Waals surface area contributed by atoms with E-state index in [2.05, 4.69) is 13.0 Å². The molecule has 0 aliphatic heterocycles. The molecule has 1 nitrogen and oxygen atoms in total. The predicted octanol–water partition coefficient (Wildman–Crippen LogP) is 4.98. The van der Waals surface area contributed by atoms with Crippen molar-refractivity contribution >= 4 is 6.08 Å². The molecule has 0 aliphatic rings. The van der Waals surface area contributed by atoms with Gasteiger partial charge in [0.2, 0.25) is 0 Å². The molecule has 0 aromatic heterocycles. The fourth-order valence-corrected chi connectivity index (χ4v) is 1.90. The predicted molar refractivity (Wildman–Crippen MR) is 84.0 cm³/mol. The maximum absolute atomic E-state index is 10.2. The van der Waals surface area contributed by atoms with Crippen LogP contribution in [0.15, 0.2) is 48.6 Å². The Balaban J connectivity index is 2.38. The number of unbranched alkanes of at least 4 members (excludes halogenated alkanes) is 4. The second-order valence-corrected chi connectivity index (χ2v) is 5.22. The molecule has 0 heterocycles. The Bertz CT molecular complexity index is 387. The molecule has 0 aliphatic carbocycles. The molecule has 0 fully saturated rings. The number of rotatable bonds is 8. The van der Waals surface area contributed by atoms with Gasteiger partial charge in [-0.1, -0.05) is 74.7 Å². The molecule has 0 bridgehead atoms. The van der Waals surface area contributed by atoms with Gasteiger partial charge in [-0.2, -0.15) is 0 Å². The molecule has 0 saturated carbocycles. The minimum absolute atomic E-state index is 0.861. The SMILES string of the molecule is CCCCCC/C=C/C(C)(O)/C=C/c1ccccc1. The summed E-state index contributed by atoms with van der Waals surface area (Å²) in [7, 11) is 0. The van der Waals surface area contributed by atoms with Crippen molar-refractivity contribution in [3.05, 3.63) is 54.1 Å². The van der Waals surface area contributed by atoms with Gasteiger partial charge >= 0.3 is 0 Å². The fraction of sp³-hybridized carbons (Fsp3) is 0.444. The van der Waals surface area contributed by atoms with Crippen LogP contribution in [0.3, 0.4) is 0 Å². The monoisotopic (exact) mass is 258 g/mol. The molecular formula is C18H26O. The summed E-state index contributed by atoms with van der Waals surface area (Å²) in [6.45, 7) is 4.03. The van der Waals surface area contributed by atoms with Crippen LogP contribution in [0.4, 0.5) is 0 Å². The minimum Gasteiger partial charge on any atom is -0.382 e. The first-order valence-corrected chi connectivity index (χ1v) is 7.28. The van der Waals surface area contributed by atoms with E-state index in [-0.39, 0.29) is 0 Å². The van der Waals surface area contributed by atoms with Crippen LogP contribution in [0, 0.1) is 0 Å². The highest BCUT2D eigenvalue weighted by Gasteiger charge is 2.10. The van der Waals surface area contributed by atoms with Crippen LogP contribution in [-0.2, 0) is 0 Å². The van der Waals surface area contributed by atoms with Crippen LogP contribution in [0.25, 0.3) is 6.08 Å². The summed E-state index contributed by atoms with van der Waals surface area (Å²) in [6.07, 6.45) is 13.9. The summed E-state index contributed by atoms with van der Waals surface area (Å²) in [5.74, 6) is 0. The number of hydrogen-bond acceptors (Lipinski definition) is 1. The van der Waals surface area contributed by atoms with Crippen LogP contribution in [-0.4, -0.2) is 10.7 Å². The summed E-state index contributed by atoms with van der Waals surface area (Å²) in [4.78, 5) is 0. The van der Waals surface area contributed by atoms with Gasteiger partial charge in [0.1, 0.15) is 0 Å². The van der Waals surface area contributed by atoms with Crippen LogP contribution in [0.2, 0.25) is 0 Å². The average Bonchev–Trinajstić information content (AvgIpc) is 2.42. The van der Waals surface area contributed by atoms with Crippen LogP contribution in [0.1, 0.15) is 51.5 Å². The lowest BCUT2D eigenvalue weighted by atomic mass is 10.0. The van der Waals surface area contributed by atoms with E-state index in [4.69, 9.17) is 0 Å². The second-order valence-electron chi connectivity index (χ2n) is 5.22. The summed E-state index contributed by atoms with van der Waals surface area (Å²) < 4.78 is 0. The van der Waals surface area contributed by atoms with E-state index in [1.807, 2.05) is 55.5 Å². The summed E-state index contributed by atoms with van der Waals surface area (Å²) in [6, 6.07) is 10.0. The molecule has 104 valence electrons. The van der Waals surface area contributed by atoms with E-state index in [1.165, 1.54) is 25.7 Å². The number of benzene rings is 1. The third kappa shape index (κ3) is 7.63. The second kappa shape index (κ2) is 8.71. The lowest BCUT2D eigenvalue weighted by molar-refractivity contribution is 0.164. The Morgan fingerprint density at radius 1 is 1.05 bits per heavy atom. The first-order chi connectivity index (χ1) is 9.14. The van der Waals surface area contributed by atoms with Crippen molar-refractivity contribution in [2.45, 2.75) is 51.6 Å².